The number of carboxylic acid groups (broad SMARTS) is 1. The molecule has 108 valence electrons. The summed E-state index contributed by atoms with van der Waals surface area (Å²) in [5.41, 5.74) is 0. The predicted molar refractivity (Wildman–Crippen MR) is 68.8 cm³/mol. The summed E-state index contributed by atoms with van der Waals surface area (Å²) in [4.78, 5) is 22.9. The van der Waals surface area contributed by atoms with Crippen LogP contribution in [0.4, 0.5) is 0 Å². The number of carboxylic acids is 1. The number of hydrogen-bond donors (Lipinski definition) is 3. The summed E-state index contributed by atoms with van der Waals surface area (Å²) in [6, 6.07) is 0. The van der Waals surface area contributed by atoms with Crippen LogP contribution in [0.5, 0.6) is 0 Å². The topological polar surface area (TPSA) is 113 Å². The van der Waals surface area contributed by atoms with E-state index < -0.39 is 33.7 Å². The maximum absolute atomic E-state index is 11.9. The van der Waals surface area contributed by atoms with E-state index in [1.54, 1.807) is 12.2 Å². The highest BCUT2D eigenvalue weighted by molar-refractivity contribution is 7.89. The number of carbonyl (C=O) groups excluding carboxylic acids is 1. The molecule has 0 radical (unpaired) electrons. The molecule has 8 heteroatoms. The first-order valence-corrected chi connectivity index (χ1v) is 7.59. The molecule has 7 nitrogen and oxygen atoms in total. The van der Waals surface area contributed by atoms with Crippen molar-refractivity contribution in [3.63, 3.8) is 0 Å². The second kappa shape index (κ2) is 6.67. The molecule has 0 fully saturated rings. The average molecular weight is 290 g/mol. The lowest BCUT2D eigenvalue weighted by Gasteiger charge is -2.24. The smallest absolute Gasteiger partial charge is 0.307 e. The molecule has 0 aromatic rings. The van der Waals surface area contributed by atoms with Crippen LogP contribution in [0.2, 0.25) is 0 Å². The van der Waals surface area contributed by atoms with Crippen LogP contribution in [-0.2, 0) is 19.6 Å². The molecule has 1 aliphatic rings. The molecule has 0 saturated carbocycles. The van der Waals surface area contributed by atoms with Crippen LogP contribution in [0.15, 0.2) is 12.2 Å². The van der Waals surface area contributed by atoms with E-state index in [0.29, 0.717) is 12.8 Å². The Morgan fingerprint density at radius 1 is 1.26 bits per heavy atom. The van der Waals surface area contributed by atoms with Gasteiger partial charge in [-0.2, -0.15) is 0 Å². The zero-order valence-corrected chi connectivity index (χ0v) is 11.4. The van der Waals surface area contributed by atoms with E-state index in [2.05, 4.69) is 10.0 Å². The van der Waals surface area contributed by atoms with Gasteiger partial charge in [-0.1, -0.05) is 12.2 Å². The maximum atomic E-state index is 11.9. The summed E-state index contributed by atoms with van der Waals surface area (Å²) in [6.07, 6.45) is 4.20. The highest BCUT2D eigenvalue weighted by atomic mass is 32.2. The van der Waals surface area contributed by atoms with E-state index in [4.69, 9.17) is 5.11 Å². The molecule has 0 bridgehead atoms. The van der Waals surface area contributed by atoms with Crippen molar-refractivity contribution in [2.45, 2.75) is 12.8 Å². The fourth-order valence-corrected chi connectivity index (χ4v) is 2.49. The van der Waals surface area contributed by atoms with Crippen molar-refractivity contribution in [2.75, 3.05) is 19.3 Å². The van der Waals surface area contributed by atoms with Gasteiger partial charge in [0.25, 0.3) is 0 Å². The van der Waals surface area contributed by atoms with Gasteiger partial charge in [-0.15, -0.1) is 0 Å². The molecule has 0 aromatic carbocycles. The predicted octanol–water partition coefficient (Wildman–Crippen LogP) is -0.681. The van der Waals surface area contributed by atoms with Crippen molar-refractivity contribution in [3.8, 4) is 0 Å². The number of carbonyl (C=O) groups is 2. The van der Waals surface area contributed by atoms with Crippen LogP contribution in [0, 0.1) is 11.8 Å². The molecule has 0 aromatic heterocycles. The Balaban J connectivity index is 2.53. The highest BCUT2D eigenvalue weighted by Crippen LogP contribution is 2.25. The van der Waals surface area contributed by atoms with Crippen molar-refractivity contribution >= 4 is 21.9 Å². The van der Waals surface area contributed by atoms with Crippen molar-refractivity contribution in [1.82, 2.24) is 10.0 Å². The number of nitrogens with one attached hydrogen (secondary N) is 2. The Bertz CT molecular complexity index is 471. The fraction of sp³-hybridized carbons (Fsp3) is 0.636. The monoisotopic (exact) mass is 290 g/mol. The van der Waals surface area contributed by atoms with Crippen molar-refractivity contribution < 1.29 is 23.1 Å². The number of amides is 1. The van der Waals surface area contributed by atoms with Gasteiger partial charge in [0.05, 0.1) is 17.6 Å². The van der Waals surface area contributed by atoms with Crippen LogP contribution >= 0.6 is 0 Å². The summed E-state index contributed by atoms with van der Waals surface area (Å²) < 4.78 is 24.5. The van der Waals surface area contributed by atoms with Crippen molar-refractivity contribution in [2.24, 2.45) is 11.8 Å². The molecule has 0 spiro atoms. The van der Waals surface area contributed by atoms with E-state index in [0.717, 1.165) is 0 Å². The average Bonchev–Trinajstić information content (AvgIpc) is 2.38. The second-order valence-electron chi connectivity index (χ2n) is 4.31. The molecule has 19 heavy (non-hydrogen) atoms. The molecule has 0 heterocycles. The van der Waals surface area contributed by atoms with Gasteiger partial charge in [0.15, 0.2) is 0 Å². The van der Waals surface area contributed by atoms with Gasteiger partial charge < -0.3 is 10.4 Å². The molecule has 3 N–H and O–H groups in total. The Kier molecular flexibility index (Phi) is 5.49. The quantitative estimate of drug-likeness (QED) is 0.561. The third-order valence-corrected chi connectivity index (χ3v) is 4.43. The molecule has 1 aliphatic carbocycles. The van der Waals surface area contributed by atoms with Gasteiger partial charge in [-0.3, -0.25) is 9.59 Å². The molecule has 2 atom stereocenters. The van der Waals surface area contributed by atoms with E-state index in [-0.39, 0.29) is 12.3 Å². The third kappa shape index (κ3) is 4.64. The molecular formula is C11H18N2O5S. The summed E-state index contributed by atoms with van der Waals surface area (Å²) in [5.74, 6) is -3.03. The second-order valence-corrected chi connectivity index (χ2v) is 6.35. The van der Waals surface area contributed by atoms with Crippen LogP contribution in [0.3, 0.4) is 0 Å². The van der Waals surface area contributed by atoms with E-state index in [1.807, 2.05) is 0 Å². The summed E-state index contributed by atoms with van der Waals surface area (Å²) in [6.45, 7) is -0.0332. The lowest BCUT2D eigenvalue weighted by atomic mass is 9.82. The first-order chi connectivity index (χ1) is 8.87. The molecule has 0 saturated heterocycles. The molecular weight excluding hydrogens is 272 g/mol. The number of hydrogen-bond acceptors (Lipinski definition) is 4. The Morgan fingerprint density at radius 2 is 1.84 bits per heavy atom. The third-order valence-electron chi connectivity index (χ3n) is 3.07. The Labute approximate surface area is 112 Å². The first kappa shape index (κ1) is 15.6. The molecule has 1 rings (SSSR count). The zero-order valence-electron chi connectivity index (χ0n) is 10.6. The summed E-state index contributed by atoms with van der Waals surface area (Å²) in [7, 11) is -2.08. The summed E-state index contributed by atoms with van der Waals surface area (Å²) in [5, 5.41) is 11.5. The molecule has 1 amide bonds. The van der Waals surface area contributed by atoms with Gasteiger partial charge in [-0.25, -0.2) is 13.1 Å². The van der Waals surface area contributed by atoms with Crippen LogP contribution < -0.4 is 10.0 Å². The summed E-state index contributed by atoms with van der Waals surface area (Å²) >= 11 is 0. The van der Waals surface area contributed by atoms with Crippen LogP contribution in [-0.4, -0.2) is 44.7 Å². The minimum absolute atomic E-state index is 0.0332. The van der Waals surface area contributed by atoms with E-state index >= 15 is 0 Å². The zero-order chi connectivity index (χ0) is 14.5. The molecule has 2 unspecified atom stereocenters. The highest BCUT2D eigenvalue weighted by Gasteiger charge is 2.33. The van der Waals surface area contributed by atoms with Gasteiger partial charge in [0.2, 0.25) is 15.9 Å². The van der Waals surface area contributed by atoms with Gasteiger partial charge in [-0.05, 0) is 19.9 Å². The van der Waals surface area contributed by atoms with E-state index in [9.17, 15) is 18.0 Å². The largest absolute Gasteiger partial charge is 0.481 e. The normalized spacial score (nSPS) is 23.0. The van der Waals surface area contributed by atoms with Gasteiger partial charge in [0.1, 0.15) is 0 Å². The van der Waals surface area contributed by atoms with E-state index in [1.165, 1.54) is 7.05 Å². The van der Waals surface area contributed by atoms with Gasteiger partial charge in [0, 0.05) is 6.54 Å². The SMILES string of the molecule is CNS(=O)(=O)CCNC(=O)C1CC=CCC1C(=O)O. The first-order valence-electron chi connectivity index (χ1n) is 5.94. The molecule has 0 aliphatic heterocycles. The number of rotatable bonds is 6. The van der Waals surface area contributed by atoms with Gasteiger partial charge >= 0.3 is 5.97 Å². The lowest BCUT2D eigenvalue weighted by Crippen LogP contribution is -2.41. The number of sulfonamides is 1. The number of aliphatic carboxylic acids is 1. The minimum Gasteiger partial charge on any atom is -0.481 e. The fourth-order valence-electron chi connectivity index (χ4n) is 1.92. The van der Waals surface area contributed by atoms with Crippen molar-refractivity contribution in [1.29, 1.82) is 0 Å². The number of allylic oxidation sites excluding steroid dienone is 2. The Hall–Kier alpha value is -1.41. The maximum Gasteiger partial charge on any atom is 0.307 e. The lowest BCUT2D eigenvalue weighted by molar-refractivity contribution is -0.147. The standard InChI is InChI=1S/C11H18N2O5S/c1-12-19(17,18)7-6-13-10(14)8-4-2-3-5-9(8)11(15)16/h2-3,8-9,12H,4-7H2,1H3,(H,13,14)(H,15,16). The van der Waals surface area contributed by atoms with Crippen molar-refractivity contribution in [3.05, 3.63) is 12.2 Å². The Morgan fingerprint density at radius 3 is 2.37 bits per heavy atom. The van der Waals surface area contributed by atoms with Crippen LogP contribution in [0.1, 0.15) is 12.8 Å². The van der Waals surface area contributed by atoms with Crippen LogP contribution in [0.25, 0.3) is 0 Å². The minimum atomic E-state index is -3.37.